The van der Waals surface area contributed by atoms with Gasteiger partial charge in [0.15, 0.2) is 0 Å². The Kier molecular flexibility index (Phi) is 8.45. The number of carbonyl (C=O) groups excluding carboxylic acids is 2. The van der Waals surface area contributed by atoms with Crippen molar-refractivity contribution in [2.24, 2.45) is 11.8 Å². The van der Waals surface area contributed by atoms with E-state index in [-0.39, 0.29) is 28.3 Å². The predicted molar refractivity (Wildman–Crippen MR) is 152 cm³/mol. The molecule has 0 aliphatic heterocycles. The van der Waals surface area contributed by atoms with Gasteiger partial charge in [0.25, 0.3) is 5.91 Å². The summed E-state index contributed by atoms with van der Waals surface area (Å²) >= 11 is 0. The Balaban J connectivity index is 1.72. The fourth-order valence-electron chi connectivity index (χ4n) is 5.75. The molecule has 4 rings (SSSR count). The van der Waals surface area contributed by atoms with Crippen LogP contribution in [-0.2, 0) is 26.8 Å². The molecule has 9 heteroatoms. The molecule has 2 fully saturated rings. The van der Waals surface area contributed by atoms with Gasteiger partial charge in [0, 0.05) is 28.8 Å². The van der Waals surface area contributed by atoms with Gasteiger partial charge in [-0.05, 0) is 89.1 Å². The lowest BCUT2D eigenvalue weighted by Crippen LogP contribution is -2.44. The summed E-state index contributed by atoms with van der Waals surface area (Å²) in [6.45, 7) is 8.46. The molecule has 8 nitrogen and oxygen atoms in total. The number of aliphatic hydroxyl groups is 1. The molecule has 1 heterocycles. The lowest BCUT2D eigenvalue weighted by atomic mass is 9.81. The number of sulfonamides is 1. The van der Waals surface area contributed by atoms with E-state index >= 15 is 0 Å². The lowest BCUT2D eigenvalue weighted by molar-refractivity contribution is -0.113. The van der Waals surface area contributed by atoms with Gasteiger partial charge in [0.1, 0.15) is 12.0 Å². The van der Waals surface area contributed by atoms with Gasteiger partial charge in [-0.25, -0.2) is 13.1 Å². The second-order valence-electron chi connectivity index (χ2n) is 13.0. The van der Waals surface area contributed by atoms with E-state index in [1.807, 2.05) is 6.07 Å². The number of carbonyl (C=O) groups is 2. The third-order valence-electron chi connectivity index (χ3n) is 7.74. The number of H-pyrrole nitrogens is 1. The van der Waals surface area contributed by atoms with Crippen LogP contribution in [0.25, 0.3) is 11.3 Å². The molecule has 0 unspecified atom stereocenters. The van der Waals surface area contributed by atoms with Crippen molar-refractivity contribution in [3.8, 4) is 11.3 Å². The Morgan fingerprint density at radius 1 is 1.08 bits per heavy atom. The molecule has 2 aromatic rings. The Morgan fingerprint density at radius 2 is 1.74 bits per heavy atom. The van der Waals surface area contributed by atoms with Crippen molar-refractivity contribution >= 4 is 22.2 Å². The first-order chi connectivity index (χ1) is 18.2. The Hall–Kier alpha value is -2.49. The molecule has 2 saturated carbocycles. The Morgan fingerprint density at radius 3 is 2.33 bits per heavy atom. The van der Waals surface area contributed by atoms with Crippen LogP contribution in [0.4, 0.5) is 0 Å². The van der Waals surface area contributed by atoms with E-state index in [4.69, 9.17) is 0 Å². The van der Waals surface area contributed by atoms with E-state index in [9.17, 15) is 23.1 Å². The third kappa shape index (κ3) is 7.18. The first-order valence-corrected chi connectivity index (χ1v) is 15.5. The quantitative estimate of drug-likeness (QED) is 0.329. The van der Waals surface area contributed by atoms with Crippen molar-refractivity contribution in [3.05, 3.63) is 41.1 Å². The van der Waals surface area contributed by atoms with Gasteiger partial charge in [-0.2, -0.15) is 0 Å². The van der Waals surface area contributed by atoms with Crippen LogP contribution in [0.3, 0.4) is 0 Å². The number of hydrogen-bond donors (Lipinski definition) is 4. The zero-order valence-electron chi connectivity index (χ0n) is 23.8. The monoisotopic (exact) mass is 557 g/mol. The molecule has 1 aromatic carbocycles. The number of hydrogen-bond acceptors (Lipinski definition) is 5. The SMILES string of the molecule is CC(C)(C)NS(=O)(=O)c1ccc(-c2[nH]c(C(=O)NC3CC(C=O)C3)cc2CC2CCCCC2)cc1C(C)(C)O. The van der Waals surface area contributed by atoms with Crippen molar-refractivity contribution < 1.29 is 23.1 Å². The first-order valence-electron chi connectivity index (χ1n) is 14.1. The number of benzene rings is 1. The maximum atomic E-state index is 13.3. The molecule has 0 spiro atoms. The second-order valence-corrected chi connectivity index (χ2v) is 14.6. The predicted octanol–water partition coefficient (Wildman–Crippen LogP) is 4.82. The highest BCUT2D eigenvalue weighted by Crippen LogP contribution is 2.36. The highest BCUT2D eigenvalue weighted by atomic mass is 32.2. The number of aromatic amines is 1. The molecular formula is C30H43N3O5S. The van der Waals surface area contributed by atoms with Crippen LogP contribution >= 0.6 is 0 Å². The van der Waals surface area contributed by atoms with Crippen LogP contribution < -0.4 is 10.0 Å². The second kappa shape index (κ2) is 11.2. The molecule has 0 atom stereocenters. The van der Waals surface area contributed by atoms with Crippen LogP contribution in [0.15, 0.2) is 29.2 Å². The summed E-state index contributed by atoms with van der Waals surface area (Å²) in [6.07, 6.45) is 9.02. The maximum absolute atomic E-state index is 13.3. The molecule has 2 aliphatic rings. The Bertz CT molecular complexity index is 1310. The minimum atomic E-state index is -3.90. The molecule has 0 bridgehead atoms. The molecule has 4 N–H and O–H groups in total. The van der Waals surface area contributed by atoms with Crippen LogP contribution in [-0.4, -0.2) is 42.3 Å². The summed E-state index contributed by atoms with van der Waals surface area (Å²) in [5.41, 5.74) is 1.12. The van der Waals surface area contributed by atoms with Gasteiger partial charge >= 0.3 is 0 Å². The summed E-state index contributed by atoms with van der Waals surface area (Å²) < 4.78 is 29.2. The van der Waals surface area contributed by atoms with E-state index in [2.05, 4.69) is 15.0 Å². The third-order valence-corrected chi connectivity index (χ3v) is 9.55. The minimum absolute atomic E-state index is 0.0113. The normalized spacial score (nSPS) is 20.9. The molecule has 214 valence electrons. The average Bonchev–Trinajstić information content (AvgIpc) is 3.23. The van der Waals surface area contributed by atoms with Crippen LogP contribution in [0.5, 0.6) is 0 Å². The van der Waals surface area contributed by atoms with Gasteiger partial charge in [-0.3, -0.25) is 4.79 Å². The average molecular weight is 558 g/mol. The molecule has 39 heavy (non-hydrogen) atoms. The summed E-state index contributed by atoms with van der Waals surface area (Å²) in [4.78, 5) is 27.4. The van der Waals surface area contributed by atoms with Gasteiger partial charge < -0.3 is 20.2 Å². The van der Waals surface area contributed by atoms with Crippen molar-refractivity contribution in [2.75, 3.05) is 0 Å². The van der Waals surface area contributed by atoms with Gasteiger partial charge in [-0.15, -0.1) is 0 Å². The van der Waals surface area contributed by atoms with Gasteiger partial charge in [0.05, 0.1) is 10.5 Å². The van der Waals surface area contributed by atoms with Crippen molar-refractivity contribution in [1.29, 1.82) is 0 Å². The van der Waals surface area contributed by atoms with Gasteiger partial charge in [-0.1, -0.05) is 38.2 Å². The molecule has 0 radical (unpaired) electrons. The number of amides is 1. The maximum Gasteiger partial charge on any atom is 0.267 e. The summed E-state index contributed by atoms with van der Waals surface area (Å²) in [6, 6.07) is 6.89. The summed E-state index contributed by atoms with van der Waals surface area (Å²) in [5.74, 6) is 0.324. The van der Waals surface area contributed by atoms with E-state index < -0.39 is 21.2 Å². The van der Waals surface area contributed by atoms with E-state index in [1.165, 1.54) is 25.3 Å². The van der Waals surface area contributed by atoms with Crippen molar-refractivity contribution in [1.82, 2.24) is 15.0 Å². The largest absolute Gasteiger partial charge is 0.386 e. The van der Waals surface area contributed by atoms with E-state index in [0.29, 0.717) is 24.5 Å². The minimum Gasteiger partial charge on any atom is -0.386 e. The van der Waals surface area contributed by atoms with Crippen LogP contribution in [0, 0.1) is 11.8 Å². The zero-order chi connectivity index (χ0) is 28.6. The summed E-state index contributed by atoms with van der Waals surface area (Å²) in [7, 11) is -3.90. The van der Waals surface area contributed by atoms with Crippen molar-refractivity contribution in [2.45, 2.75) is 108 Å². The molecule has 1 amide bonds. The lowest BCUT2D eigenvalue weighted by Gasteiger charge is -2.31. The molecule has 0 saturated heterocycles. The van der Waals surface area contributed by atoms with E-state index in [0.717, 1.165) is 42.4 Å². The number of aromatic nitrogens is 1. The molecular weight excluding hydrogens is 514 g/mol. The zero-order valence-corrected chi connectivity index (χ0v) is 24.6. The summed E-state index contributed by atoms with van der Waals surface area (Å²) in [5, 5.41) is 14.0. The smallest absolute Gasteiger partial charge is 0.267 e. The van der Waals surface area contributed by atoms with Crippen LogP contribution in [0.1, 0.15) is 101 Å². The molecule has 1 aromatic heterocycles. The fraction of sp³-hybridized carbons (Fsp3) is 0.600. The standard InChI is InChI=1S/C30H43N3O5S/c1-29(2,3)33-39(37,38)26-12-11-21(16-24(26)30(4,5)36)27-22(13-19-9-7-6-8-10-19)17-25(32-27)28(35)31-23-14-20(15-23)18-34/h11-12,16-20,23,32-33,36H,6-10,13-15H2,1-5H3,(H,31,35). The highest BCUT2D eigenvalue weighted by Gasteiger charge is 2.32. The van der Waals surface area contributed by atoms with Crippen molar-refractivity contribution in [3.63, 3.8) is 0 Å². The van der Waals surface area contributed by atoms with E-state index in [1.54, 1.807) is 46.8 Å². The number of aldehydes is 1. The topological polar surface area (TPSA) is 128 Å². The Labute approximate surface area is 232 Å². The number of rotatable bonds is 9. The first kappa shape index (κ1) is 29.5. The highest BCUT2D eigenvalue weighted by molar-refractivity contribution is 7.89. The van der Waals surface area contributed by atoms with Gasteiger partial charge in [0.2, 0.25) is 10.0 Å². The molecule has 2 aliphatic carbocycles. The fourth-order valence-corrected chi connectivity index (χ4v) is 7.51. The van der Waals surface area contributed by atoms with Crippen LogP contribution in [0.2, 0.25) is 0 Å². The number of nitrogens with one attached hydrogen (secondary N) is 3.